The minimum Gasteiger partial charge on any atom is -0.379 e. The fraction of sp³-hybridized carbons (Fsp3) is 0.462. The lowest BCUT2D eigenvalue weighted by Crippen LogP contribution is -2.07. The van der Waals surface area contributed by atoms with Crippen molar-refractivity contribution in [2.75, 3.05) is 7.05 Å². The van der Waals surface area contributed by atoms with Crippen LogP contribution in [0.1, 0.15) is 31.7 Å². The highest BCUT2D eigenvalue weighted by Crippen LogP contribution is 2.50. The highest BCUT2D eigenvalue weighted by molar-refractivity contribution is 8.14. The van der Waals surface area contributed by atoms with E-state index in [-0.39, 0.29) is 16.7 Å². The Hall–Kier alpha value is -1.70. The lowest BCUT2D eigenvalue weighted by atomic mass is 10.1. The molecule has 0 spiro atoms. The summed E-state index contributed by atoms with van der Waals surface area (Å²) in [7, 11) is 1.54. The average molecular weight is 317 g/mol. The number of benzene rings is 1. The third kappa shape index (κ3) is 4.13. The third-order valence-electron chi connectivity index (χ3n) is 2.88. The largest absolute Gasteiger partial charge is 0.379 e. The molecule has 0 aromatic heterocycles. The first kappa shape index (κ1) is 17.4. The summed E-state index contributed by atoms with van der Waals surface area (Å²) in [6.07, 6.45) is 0.596. The molecule has 2 N–H and O–H groups in total. The molecule has 1 aliphatic carbocycles. The zero-order valence-electron chi connectivity index (χ0n) is 12.0. The van der Waals surface area contributed by atoms with E-state index in [4.69, 9.17) is 5.73 Å². The van der Waals surface area contributed by atoms with Gasteiger partial charge in [-0.15, -0.1) is 0 Å². The lowest BCUT2D eigenvalue weighted by Gasteiger charge is -2.04. The zero-order chi connectivity index (χ0) is 16.2. The fourth-order valence-electron chi connectivity index (χ4n) is 1.81. The van der Waals surface area contributed by atoms with Gasteiger partial charge in [0.15, 0.2) is 16.8 Å². The molecule has 116 valence electrons. The van der Waals surface area contributed by atoms with Crippen LogP contribution in [0.25, 0.3) is 0 Å². The molecule has 0 unspecified atom stereocenters. The van der Waals surface area contributed by atoms with E-state index in [1.54, 1.807) is 0 Å². The van der Waals surface area contributed by atoms with Crippen molar-refractivity contribution in [3.8, 4) is 0 Å². The Morgan fingerprint density at radius 3 is 2.62 bits per heavy atom. The van der Waals surface area contributed by atoms with Crippen molar-refractivity contribution in [2.24, 2.45) is 10.7 Å². The van der Waals surface area contributed by atoms with Gasteiger partial charge in [-0.3, -0.25) is 15.1 Å². The molecule has 5 nitrogen and oxygen atoms in total. The van der Waals surface area contributed by atoms with Gasteiger partial charge in [-0.05, 0) is 6.42 Å². The fourth-order valence-corrected chi connectivity index (χ4v) is 2.84. The van der Waals surface area contributed by atoms with Crippen molar-refractivity contribution in [3.05, 3.63) is 39.4 Å². The summed E-state index contributed by atoms with van der Waals surface area (Å²) in [5, 5.41) is 11.0. The molecule has 21 heavy (non-hydrogen) atoms. The summed E-state index contributed by atoms with van der Waals surface area (Å²) < 4.78 is 27.0. The molecule has 0 saturated heterocycles. The minimum atomic E-state index is -1.20. The van der Waals surface area contributed by atoms with E-state index >= 15 is 0 Å². The Bertz CT molecular complexity index is 567. The highest BCUT2D eigenvalue weighted by Gasteiger charge is 2.42. The second kappa shape index (κ2) is 7.35. The van der Waals surface area contributed by atoms with Crippen LogP contribution >= 0.6 is 11.8 Å². The molecule has 2 rings (SSSR count). The van der Waals surface area contributed by atoms with Crippen LogP contribution in [0, 0.1) is 21.7 Å². The van der Waals surface area contributed by atoms with Crippen molar-refractivity contribution in [1.29, 1.82) is 0 Å². The van der Waals surface area contributed by atoms with Crippen LogP contribution in [0.5, 0.6) is 0 Å². The summed E-state index contributed by atoms with van der Waals surface area (Å²) in [5.74, 6) is -2.48. The van der Waals surface area contributed by atoms with Crippen LogP contribution in [-0.4, -0.2) is 22.4 Å². The van der Waals surface area contributed by atoms with Crippen LogP contribution < -0.4 is 5.73 Å². The molecule has 0 bridgehead atoms. The van der Waals surface area contributed by atoms with Gasteiger partial charge in [0.05, 0.1) is 11.0 Å². The number of hydrogen-bond acceptors (Lipinski definition) is 4. The van der Waals surface area contributed by atoms with E-state index in [0.29, 0.717) is 17.7 Å². The lowest BCUT2D eigenvalue weighted by molar-refractivity contribution is -0.385. The summed E-state index contributed by atoms with van der Waals surface area (Å²) in [6.45, 7) is 4.00. The molecule has 0 amide bonds. The normalized spacial score (nSPS) is 20.5. The molecule has 1 aromatic carbocycles. The zero-order valence-corrected chi connectivity index (χ0v) is 12.8. The Labute approximate surface area is 125 Å². The van der Waals surface area contributed by atoms with Gasteiger partial charge < -0.3 is 5.73 Å². The van der Waals surface area contributed by atoms with Gasteiger partial charge >= 0.3 is 0 Å². The average Bonchev–Trinajstić information content (AvgIpc) is 3.22. The van der Waals surface area contributed by atoms with Crippen LogP contribution in [0.3, 0.4) is 0 Å². The standard InChI is InChI=1S/C11H11F2N3O2S.C2H6/c1-15-11(14)19-9-4-6(9)7-2-5(16(17)18)3-8(12)10(7)13;1-2/h2-3,6,9H,4H2,1H3,(H2,14,15);1-2H3/t6-,9-;/m0./s1. The number of rotatable bonds is 3. The maximum absolute atomic E-state index is 13.7. The molecule has 0 radical (unpaired) electrons. The van der Waals surface area contributed by atoms with Gasteiger partial charge in [0.25, 0.3) is 5.69 Å². The molecule has 1 saturated carbocycles. The summed E-state index contributed by atoms with van der Waals surface area (Å²) in [6, 6.07) is 1.67. The molecule has 0 heterocycles. The Kier molecular flexibility index (Phi) is 6.07. The molecule has 1 aliphatic rings. The number of aliphatic imine (C=N–C) groups is 1. The quantitative estimate of drug-likeness (QED) is 0.401. The molecule has 8 heteroatoms. The number of nitrogens with zero attached hydrogens (tertiary/aromatic N) is 2. The summed E-state index contributed by atoms with van der Waals surface area (Å²) >= 11 is 1.27. The predicted molar refractivity (Wildman–Crippen MR) is 80.6 cm³/mol. The first-order chi connectivity index (χ1) is 9.93. The van der Waals surface area contributed by atoms with Gasteiger partial charge in [-0.1, -0.05) is 25.6 Å². The first-order valence-corrected chi connectivity index (χ1v) is 7.34. The predicted octanol–water partition coefficient (Wildman–Crippen LogP) is 3.43. The first-order valence-electron chi connectivity index (χ1n) is 6.46. The van der Waals surface area contributed by atoms with Gasteiger partial charge in [0.2, 0.25) is 0 Å². The molecular formula is C13H17F2N3O2S. The number of non-ortho nitro benzene ring substituents is 1. The minimum absolute atomic E-state index is 0.0143. The van der Waals surface area contributed by atoms with Crippen molar-refractivity contribution < 1.29 is 13.7 Å². The molecule has 1 fully saturated rings. The Morgan fingerprint density at radius 2 is 2.10 bits per heavy atom. The number of nitrogens with two attached hydrogens (primary N) is 1. The molecule has 1 aromatic rings. The maximum atomic E-state index is 13.7. The number of thioether (sulfide) groups is 1. The van der Waals surface area contributed by atoms with E-state index in [0.717, 1.165) is 6.07 Å². The van der Waals surface area contributed by atoms with E-state index in [1.807, 2.05) is 13.8 Å². The number of nitro benzene ring substituents is 1. The van der Waals surface area contributed by atoms with Gasteiger partial charge in [0.1, 0.15) is 0 Å². The van der Waals surface area contributed by atoms with Crippen molar-refractivity contribution >= 4 is 22.6 Å². The Balaban J connectivity index is 0.00000106. The van der Waals surface area contributed by atoms with Crippen LogP contribution in [0.2, 0.25) is 0 Å². The SMILES string of the molecule is CC.CN=C(N)S[C@H]1C[C@H]1c1cc([N+](=O)[O-])cc(F)c1F. The van der Waals surface area contributed by atoms with E-state index < -0.39 is 22.2 Å². The van der Waals surface area contributed by atoms with E-state index in [2.05, 4.69) is 4.99 Å². The third-order valence-corrected chi connectivity index (χ3v) is 4.12. The highest BCUT2D eigenvalue weighted by atomic mass is 32.2. The van der Waals surface area contributed by atoms with E-state index in [1.165, 1.54) is 18.8 Å². The monoisotopic (exact) mass is 317 g/mol. The number of hydrogen-bond donors (Lipinski definition) is 1. The second-order valence-electron chi connectivity index (χ2n) is 4.15. The number of halogens is 2. The van der Waals surface area contributed by atoms with Crippen LogP contribution in [0.4, 0.5) is 14.5 Å². The molecule has 2 atom stereocenters. The van der Waals surface area contributed by atoms with Gasteiger partial charge in [0, 0.05) is 29.8 Å². The summed E-state index contributed by atoms with van der Waals surface area (Å²) in [4.78, 5) is 13.7. The summed E-state index contributed by atoms with van der Waals surface area (Å²) in [5.41, 5.74) is 5.13. The second-order valence-corrected chi connectivity index (χ2v) is 5.41. The molecule has 0 aliphatic heterocycles. The maximum Gasteiger partial charge on any atom is 0.272 e. The van der Waals surface area contributed by atoms with Gasteiger partial charge in [-0.2, -0.15) is 0 Å². The smallest absolute Gasteiger partial charge is 0.272 e. The number of amidine groups is 1. The number of nitro groups is 1. The topological polar surface area (TPSA) is 81.5 Å². The van der Waals surface area contributed by atoms with Gasteiger partial charge in [-0.25, -0.2) is 8.78 Å². The van der Waals surface area contributed by atoms with Crippen molar-refractivity contribution in [1.82, 2.24) is 0 Å². The van der Waals surface area contributed by atoms with Crippen LogP contribution in [-0.2, 0) is 0 Å². The van der Waals surface area contributed by atoms with Crippen molar-refractivity contribution in [3.63, 3.8) is 0 Å². The van der Waals surface area contributed by atoms with Crippen molar-refractivity contribution in [2.45, 2.75) is 31.4 Å². The van der Waals surface area contributed by atoms with Crippen LogP contribution in [0.15, 0.2) is 17.1 Å². The van der Waals surface area contributed by atoms with E-state index in [9.17, 15) is 18.9 Å². The molecular weight excluding hydrogens is 300 g/mol. The Morgan fingerprint density at radius 1 is 1.48 bits per heavy atom.